The molecule has 0 bridgehead atoms. The molecule has 4 nitrogen and oxygen atoms in total. The maximum atomic E-state index is 11.4. The molecule has 0 aliphatic rings. The fraction of sp³-hybridized carbons (Fsp3) is 0.667. The summed E-state index contributed by atoms with van der Waals surface area (Å²) in [5.74, 6) is 0. The number of unbranched alkanes of at least 4 members (excludes halogenated alkanes) is 9. The molecule has 0 fully saturated rings. The summed E-state index contributed by atoms with van der Waals surface area (Å²) in [6.45, 7) is 2.23. The van der Waals surface area contributed by atoms with Gasteiger partial charge in [0.15, 0.2) is 0 Å². The van der Waals surface area contributed by atoms with E-state index < -0.39 is 10.1 Å². The SMILES string of the molecule is CCCCCCCCCCCCc1ccc(N)cc1S(=O)(=O)O.[Na]. The first-order chi connectivity index (χ1) is 10.9. The number of aryl methyl sites for hydroxylation is 1. The Kier molecular flexibility index (Phi) is 13.1. The Morgan fingerprint density at radius 3 is 1.92 bits per heavy atom. The Morgan fingerprint density at radius 2 is 1.42 bits per heavy atom. The van der Waals surface area contributed by atoms with E-state index in [9.17, 15) is 13.0 Å². The summed E-state index contributed by atoms with van der Waals surface area (Å²) in [4.78, 5) is -0.0478. The molecule has 1 rings (SSSR count). The minimum atomic E-state index is -4.20. The van der Waals surface area contributed by atoms with E-state index in [4.69, 9.17) is 5.73 Å². The van der Waals surface area contributed by atoms with Gasteiger partial charge in [-0.2, -0.15) is 8.42 Å². The molecule has 6 heteroatoms. The Bertz CT molecular complexity index is 561. The van der Waals surface area contributed by atoms with Crippen LogP contribution in [0.25, 0.3) is 0 Å². The van der Waals surface area contributed by atoms with Crippen LogP contribution < -0.4 is 5.73 Å². The van der Waals surface area contributed by atoms with Gasteiger partial charge in [-0.15, -0.1) is 0 Å². The zero-order chi connectivity index (χ0) is 17.1. The van der Waals surface area contributed by atoms with Gasteiger partial charge < -0.3 is 5.73 Å². The van der Waals surface area contributed by atoms with Gasteiger partial charge in [0, 0.05) is 35.2 Å². The number of hydrogen-bond donors (Lipinski definition) is 2. The van der Waals surface area contributed by atoms with Crippen molar-refractivity contribution in [2.45, 2.75) is 82.4 Å². The standard InChI is InChI=1S/C18H31NO3S.Na/c1-2-3-4-5-6-7-8-9-10-11-12-16-13-14-17(19)15-18(16)23(20,21)22;/h13-15H,2-12,19H2,1H3,(H,20,21,22);. The average Bonchev–Trinajstić information content (AvgIpc) is 2.49. The molecule has 0 heterocycles. The van der Waals surface area contributed by atoms with E-state index in [2.05, 4.69) is 6.92 Å². The predicted octanol–water partition coefficient (Wildman–Crippen LogP) is 4.60. The number of benzene rings is 1. The first-order valence-electron chi connectivity index (χ1n) is 8.81. The van der Waals surface area contributed by atoms with Gasteiger partial charge in [-0.3, -0.25) is 4.55 Å². The van der Waals surface area contributed by atoms with E-state index in [1.165, 1.54) is 57.4 Å². The van der Waals surface area contributed by atoms with Gasteiger partial charge in [0.2, 0.25) is 0 Å². The molecule has 0 atom stereocenters. The van der Waals surface area contributed by atoms with Crippen molar-refractivity contribution in [3.05, 3.63) is 23.8 Å². The third-order valence-electron chi connectivity index (χ3n) is 4.17. The molecule has 0 unspecified atom stereocenters. The molecule has 1 radical (unpaired) electrons. The van der Waals surface area contributed by atoms with Crippen molar-refractivity contribution < 1.29 is 13.0 Å². The molecule has 133 valence electrons. The number of nitrogen functional groups attached to an aromatic ring is 1. The average molecular weight is 365 g/mol. The smallest absolute Gasteiger partial charge is 0.294 e. The Morgan fingerprint density at radius 1 is 0.917 bits per heavy atom. The number of anilines is 1. The Hall–Kier alpha value is -0.0700. The third kappa shape index (κ3) is 10.0. The first-order valence-corrected chi connectivity index (χ1v) is 10.2. The van der Waals surface area contributed by atoms with Crippen LogP contribution in [0.2, 0.25) is 0 Å². The zero-order valence-electron chi connectivity index (χ0n) is 15.3. The quantitative estimate of drug-likeness (QED) is 0.246. The number of rotatable bonds is 12. The molecule has 3 N–H and O–H groups in total. The van der Waals surface area contributed by atoms with Crippen molar-refractivity contribution in [1.82, 2.24) is 0 Å². The van der Waals surface area contributed by atoms with Crippen molar-refractivity contribution in [2.75, 3.05) is 5.73 Å². The zero-order valence-corrected chi connectivity index (χ0v) is 18.1. The summed E-state index contributed by atoms with van der Waals surface area (Å²) in [5.41, 5.74) is 6.61. The molecular formula is C18H31NNaO3S. The van der Waals surface area contributed by atoms with Gasteiger partial charge in [-0.05, 0) is 30.5 Å². The molecule has 0 amide bonds. The third-order valence-corrected chi connectivity index (χ3v) is 5.10. The van der Waals surface area contributed by atoms with E-state index in [0.717, 1.165) is 12.8 Å². The monoisotopic (exact) mass is 364 g/mol. The van der Waals surface area contributed by atoms with Crippen molar-refractivity contribution >= 4 is 45.4 Å². The van der Waals surface area contributed by atoms with Gasteiger partial charge in [-0.1, -0.05) is 70.8 Å². The van der Waals surface area contributed by atoms with Crippen LogP contribution >= 0.6 is 0 Å². The summed E-state index contributed by atoms with van der Waals surface area (Å²) in [5, 5.41) is 0. The largest absolute Gasteiger partial charge is 0.399 e. The second-order valence-electron chi connectivity index (χ2n) is 6.27. The second kappa shape index (κ2) is 13.2. The molecule has 0 saturated carbocycles. The van der Waals surface area contributed by atoms with E-state index in [1.54, 1.807) is 12.1 Å². The molecule has 0 aliphatic carbocycles. The Labute approximate surface area is 169 Å². The van der Waals surface area contributed by atoms with Crippen LogP contribution in [0.5, 0.6) is 0 Å². The summed E-state index contributed by atoms with van der Waals surface area (Å²) in [6, 6.07) is 4.72. The van der Waals surface area contributed by atoms with E-state index in [0.29, 0.717) is 17.7 Å². The van der Waals surface area contributed by atoms with Gasteiger partial charge in [-0.25, -0.2) is 0 Å². The van der Waals surface area contributed by atoms with E-state index in [1.807, 2.05) is 0 Å². The maximum Gasteiger partial charge on any atom is 0.294 e. The van der Waals surface area contributed by atoms with Crippen LogP contribution in [0.3, 0.4) is 0 Å². The van der Waals surface area contributed by atoms with E-state index >= 15 is 0 Å². The fourth-order valence-electron chi connectivity index (χ4n) is 2.82. The van der Waals surface area contributed by atoms with Crippen LogP contribution in [-0.2, 0) is 16.5 Å². The van der Waals surface area contributed by atoms with Gasteiger partial charge in [0.25, 0.3) is 10.1 Å². The number of hydrogen-bond acceptors (Lipinski definition) is 3. The van der Waals surface area contributed by atoms with Crippen molar-refractivity contribution in [3.63, 3.8) is 0 Å². The van der Waals surface area contributed by atoms with Gasteiger partial charge >= 0.3 is 0 Å². The minimum Gasteiger partial charge on any atom is -0.399 e. The van der Waals surface area contributed by atoms with Gasteiger partial charge in [0.1, 0.15) is 0 Å². The molecule has 24 heavy (non-hydrogen) atoms. The first kappa shape index (κ1) is 23.9. The van der Waals surface area contributed by atoms with Gasteiger partial charge in [0.05, 0.1) is 4.90 Å². The van der Waals surface area contributed by atoms with Crippen molar-refractivity contribution in [2.24, 2.45) is 0 Å². The normalized spacial score (nSPS) is 11.2. The summed E-state index contributed by atoms with van der Waals surface area (Å²) in [7, 11) is -4.20. The van der Waals surface area contributed by atoms with Crippen LogP contribution in [0.15, 0.2) is 23.1 Å². The topological polar surface area (TPSA) is 80.4 Å². The van der Waals surface area contributed by atoms with Crippen molar-refractivity contribution in [1.29, 1.82) is 0 Å². The van der Waals surface area contributed by atoms with Crippen LogP contribution in [0, 0.1) is 0 Å². The van der Waals surface area contributed by atoms with E-state index in [-0.39, 0.29) is 34.5 Å². The van der Waals surface area contributed by atoms with Crippen LogP contribution in [-0.4, -0.2) is 42.5 Å². The summed E-state index contributed by atoms with van der Waals surface area (Å²) in [6.07, 6.45) is 13.1. The van der Waals surface area contributed by atoms with Crippen LogP contribution in [0.1, 0.15) is 76.7 Å². The van der Waals surface area contributed by atoms with Crippen LogP contribution in [0.4, 0.5) is 5.69 Å². The van der Waals surface area contributed by atoms with Crippen molar-refractivity contribution in [3.8, 4) is 0 Å². The molecule has 1 aromatic rings. The molecular weight excluding hydrogens is 333 g/mol. The fourth-order valence-corrected chi connectivity index (χ4v) is 3.61. The summed E-state index contributed by atoms with van der Waals surface area (Å²) < 4.78 is 32.0. The molecule has 0 aromatic heterocycles. The number of nitrogens with two attached hydrogens (primary N) is 1. The summed E-state index contributed by atoms with van der Waals surface area (Å²) >= 11 is 0. The molecule has 1 aromatic carbocycles. The second-order valence-corrected chi connectivity index (χ2v) is 7.66. The molecule has 0 aliphatic heterocycles. The maximum absolute atomic E-state index is 11.4. The molecule has 0 spiro atoms. The minimum absolute atomic E-state index is 0. The predicted molar refractivity (Wildman–Crippen MR) is 102 cm³/mol. The molecule has 0 saturated heterocycles. The Balaban J connectivity index is 0.00000529.